The zero-order chi connectivity index (χ0) is 11.2. The smallest absolute Gasteiger partial charge is 0.128 e. The van der Waals surface area contributed by atoms with Gasteiger partial charge in [0.15, 0.2) is 0 Å². The van der Waals surface area contributed by atoms with E-state index in [1.165, 1.54) is 0 Å². The van der Waals surface area contributed by atoms with Crippen LogP contribution in [0.1, 0.15) is 18.4 Å². The Labute approximate surface area is 95.0 Å². The molecule has 0 radical (unpaired) electrons. The molecular weight excluding hydrogens is 208 g/mol. The molecule has 5 nitrogen and oxygen atoms in total. The van der Waals surface area contributed by atoms with Crippen LogP contribution >= 0.6 is 0 Å². The van der Waals surface area contributed by atoms with Crippen LogP contribution in [0.3, 0.4) is 0 Å². The Hall–Kier alpha value is -0.910. The van der Waals surface area contributed by atoms with Crippen LogP contribution in [0.25, 0.3) is 0 Å². The van der Waals surface area contributed by atoms with Crippen LogP contribution < -0.4 is 0 Å². The summed E-state index contributed by atoms with van der Waals surface area (Å²) in [7, 11) is 0. The maximum Gasteiger partial charge on any atom is 0.128 e. The van der Waals surface area contributed by atoms with Crippen molar-refractivity contribution in [2.75, 3.05) is 26.3 Å². The molecule has 0 aliphatic carbocycles. The van der Waals surface area contributed by atoms with E-state index in [4.69, 9.17) is 14.4 Å². The Balaban J connectivity index is 1.69. The van der Waals surface area contributed by atoms with E-state index >= 15 is 0 Å². The van der Waals surface area contributed by atoms with Crippen LogP contribution in [0.5, 0.6) is 0 Å². The van der Waals surface area contributed by atoms with Crippen molar-refractivity contribution in [1.82, 2.24) is 10.1 Å². The van der Waals surface area contributed by atoms with Crippen molar-refractivity contribution in [3.05, 3.63) is 18.0 Å². The fraction of sp³-hybridized carbons (Fsp3) is 0.727. The second-order valence-corrected chi connectivity index (χ2v) is 4.10. The van der Waals surface area contributed by atoms with Crippen LogP contribution in [0.2, 0.25) is 0 Å². The third-order valence-corrected chi connectivity index (χ3v) is 2.87. The molecule has 0 bridgehead atoms. The summed E-state index contributed by atoms with van der Waals surface area (Å²) in [5.74, 6) is 0. The number of nitrogens with zero attached hydrogens (tertiary/aromatic N) is 2. The van der Waals surface area contributed by atoms with Crippen molar-refractivity contribution in [3.8, 4) is 0 Å². The minimum Gasteiger partial charge on any atom is -0.394 e. The van der Waals surface area contributed by atoms with E-state index in [1.807, 2.05) is 0 Å². The number of piperidine rings is 1. The van der Waals surface area contributed by atoms with Crippen molar-refractivity contribution in [3.63, 3.8) is 0 Å². The Morgan fingerprint density at radius 3 is 2.94 bits per heavy atom. The molecular formula is C11H18N2O3. The van der Waals surface area contributed by atoms with E-state index in [1.54, 1.807) is 12.5 Å². The molecule has 0 saturated carbocycles. The Bertz CT molecular complexity index is 281. The van der Waals surface area contributed by atoms with Gasteiger partial charge >= 0.3 is 0 Å². The summed E-state index contributed by atoms with van der Waals surface area (Å²) in [6.07, 6.45) is 5.82. The summed E-state index contributed by atoms with van der Waals surface area (Å²) in [6, 6.07) is 0. The lowest BCUT2D eigenvalue weighted by Gasteiger charge is -2.31. The number of rotatable bonds is 5. The minimum atomic E-state index is 0.112. The first kappa shape index (κ1) is 11.6. The maximum absolute atomic E-state index is 8.67. The molecule has 0 atom stereocenters. The molecule has 1 aromatic heterocycles. The fourth-order valence-electron chi connectivity index (χ4n) is 2.02. The fourth-order valence-corrected chi connectivity index (χ4v) is 2.02. The Kier molecular flexibility index (Phi) is 4.33. The standard InChI is InChI=1S/C11H18N2O3/c14-5-6-15-11-1-3-13(4-2-11)8-10-7-12-16-9-10/h7,9,11,14H,1-6,8H2. The zero-order valence-electron chi connectivity index (χ0n) is 9.34. The normalized spacial score (nSPS) is 19.1. The quantitative estimate of drug-likeness (QED) is 0.798. The third-order valence-electron chi connectivity index (χ3n) is 2.87. The molecule has 1 saturated heterocycles. The lowest BCUT2D eigenvalue weighted by molar-refractivity contribution is -0.00903. The van der Waals surface area contributed by atoms with E-state index in [-0.39, 0.29) is 6.61 Å². The summed E-state index contributed by atoms with van der Waals surface area (Å²) in [4.78, 5) is 2.37. The number of aromatic nitrogens is 1. The summed E-state index contributed by atoms with van der Waals surface area (Å²) in [6.45, 7) is 3.52. The van der Waals surface area contributed by atoms with Crippen LogP contribution in [-0.4, -0.2) is 47.6 Å². The molecule has 5 heteroatoms. The third kappa shape index (κ3) is 3.30. The molecule has 16 heavy (non-hydrogen) atoms. The number of hydrogen-bond acceptors (Lipinski definition) is 5. The van der Waals surface area contributed by atoms with Crippen LogP contribution in [0.15, 0.2) is 17.0 Å². The second-order valence-electron chi connectivity index (χ2n) is 4.10. The zero-order valence-corrected chi connectivity index (χ0v) is 9.34. The van der Waals surface area contributed by atoms with E-state index in [0.29, 0.717) is 12.7 Å². The van der Waals surface area contributed by atoms with Crippen molar-refractivity contribution >= 4 is 0 Å². The van der Waals surface area contributed by atoms with Gasteiger partial charge in [-0.15, -0.1) is 0 Å². The van der Waals surface area contributed by atoms with Gasteiger partial charge < -0.3 is 14.4 Å². The van der Waals surface area contributed by atoms with E-state index in [2.05, 4.69) is 10.1 Å². The van der Waals surface area contributed by atoms with Gasteiger partial charge in [0.05, 0.1) is 25.5 Å². The number of aliphatic hydroxyl groups is 1. The number of ether oxygens (including phenoxy) is 1. The highest BCUT2D eigenvalue weighted by molar-refractivity contribution is 5.00. The molecule has 1 aliphatic heterocycles. The highest BCUT2D eigenvalue weighted by Crippen LogP contribution is 2.15. The highest BCUT2D eigenvalue weighted by Gasteiger charge is 2.19. The first-order valence-corrected chi connectivity index (χ1v) is 5.71. The molecule has 2 heterocycles. The van der Waals surface area contributed by atoms with Gasteiger partial charge in [-0.1, -0.05) is 5.16 Å². The van der Waals surface area contributed by atoms with Gasteiger partial charge in [0.25, 0.3) is 0 Å². The predicted molar refractivity (Wildman–Crippen MR) is 57.8 cm³/mol. The van der Waals surface area contributed by atoms with Crippen molar-refractivity contribution in [2.45, 2.75) is 25.5 Å². The lowest BCUT2D eigenvalue weighted by Crippen LogP contribution is -2.36. The Morgan fingerprint density at radius 2 is 2.31 bits per heavy atom. The highest BCUT2D eigenvalue weighted by atomic mass is 16.5. The van der Waals surface area contributed by atoms with E-state index in [9.17, 15) is 0 Å². The van der Waals surface area contributed by atoms with E-state index < -0.39 is 0 Å². The van der Waals surface area contributed by atoms with Gasteiger partial charge in [0.2, 0.25) is 0 Å². The van der Waals surface area contributed by atoms with Crippen molar-refractivity contribution in [1.29, 1.82) is 0 Å². The van der Waals surface area contributed by atoms with Gasteiger partial charge in [-0.05, 0) is 12.8 Å². The first-order valence-electron chi connectivity index (χ1n) is 5.71. The van der Waals surface area contributed by atoms with Gasteiger partial charge in [0, 0.05) is 25.2 Å². The summed E-state index contributed by atoms with van der Waals surface area (Å²) in [5.41, 5.74) is 1.12. The van der Waals surface area contributed by atoms with Gasteiger partial charge in [-0.3, -0.25) is 4.90 Å². The molecule has 1 fully saturated rings. The number of aliphatic hydroxyl groups excluding tert-OH is 1. The molecule has 0 amide bonds. The second kappa shape index (κ2) is 5.98. The van der Waals surface area contributed by atoms with Gasteiger partial charge in [-0.25, -0.2) is 0 Å². The topological polar surface area (TPSA) is 58.7 Å². The molecule has 1 aromatic rings. The molecule has 1 aliphatic rings. The number of hydrogen-bond donors (Lipinski definition) is 1. The van der Waals surface area contributed by atoms with Crippen molar-refractivity contribution in [2.24, 2.45) is 0 Å². The monoisotopic (exact) mass is 226 g/mol. The largest absolute Gasteiger partial charge is 0.394 e. The summed E-state index contributed by atoms with van der Waals surface area (Å²) in [5, 5.41) is 12.4. The molecule has 90 valence electrons. The van der Waals surface area contributed by atoms with Gasteiger partial charge in [-0.2, -0.15) is 0 Å². The maximum atomic E-state index is 8.67. The van der Waals surface area contributed by atoms with Gasteiger partial charge in [0.1, 0.15) is 6.26 Å². The average Bonchev–Trinajstić information content (AvgIpc) is 2.81. The molecule has 2 rings (SSSR count). The predicted octanol–water partition coefficient (Wildman–Crippen LogP) is 0.648. The van der Waals surface area contributed by atoms with Crippen LogP contribution in [0.4, 0.5) is 0 Å². The van der Waals surface area contributed by atoms with E-state index in [0.717, 1.165) is 38.0 Å². The SMILES string of the molecule is OCCOC1CCN(Cc2cnoc2)CC1. The molecule has 0 spiro atoms. The Morgan fingerprint density at radius 1 is 1.50 bits per heavy atom. The first-order chi connectivity index (χ1) is 7.88. The minimum absolute atomic E-state index is 0.112. The van der Waals surface area contributed by atoms with Crippen molar-refractivity contribution < 1.29 is 14.4 Å². The summed E-state index contributed by atoms with van der Waals surface area (Å²) >= 11 is 0. The average molecular weight is 226 g/mol. The summed E-state index contributed by atoms with van der Waals surface area (Å²) < 4.78 is 10.3. The number of likely N-dealkylation sites (tertiary alicyclic amines) is 1. The molecule has 0 unspecified atom stereocenters. The molecule has 1 N–H and O–H groups in total. The lowest BCUT2D eigenvalue weighted by atomic mass is 10.1. The molecule has 0 aromatic carbocycles. The van der Waals surface area contributed by atoms with Crippen LogP contribution in [-0.2, 0) is 11.3 Å². The van der Waals surface area contributed by atoms with Crippen LogP contribution in [0, 0.1) is 0 Å².